The van der Waals surface area contributed by atoms with Crippen molar-refractivity contribution in [1.29, 1.82) is 0 Å². The lowest BCUT2D eigenvalue weighted by atomic mass is 10.2. The van der Waals surface area contributed by atoms with Crippen molar-refractivity contribution >= 4 is 5.91 Å². The van der Waals surface area contributed by atoms with Gasteiger partial charge in [0, 0.05) is 37.7 Å². The van der Waals surface area contributed by atoms with Crippen LogP contribution in [-0.4, -0.2) is 26.8 Å². The third-order valence-corrected chi connectivity index (χ3v) is 3.12. The molecule has 6 nitrogen and oxygen atoms in total. The maximum atomic E-state index is 12.0. The van der Waals surface area contributed by atoms with Crippen molar-refractivity contribution in [1.82, 2.24) is 19.7 Å². The Balaban J connectivity index is 1.98. The second-order valence-corrected chi connectivity index (χ2v) is 4.84. The Labute approximate surface area is 117 Å². The van der Waals surface area contributed by atoms with E-state index in [1.807, 2.05) is 20.0 Å². The number of aryl methyl sites for hydroxylation is 3. The molecule has 1 N–H and O–H groups in total. The lowest BCUT2D eigenvalue weighted by molar-refractivity contribution is 0.0950. The van der Waals surface area contributed by atoms with Crippen LogP contribution >= 0.6 is 0 Å². The van der Waals surface area contributed by atoms with E-state index in [0.29, 0.717) is 13.1 Å². The van der Waals surface area contributed by atoms with E-state index < -0.39 is 0 Å². The number of carbonyl (C=O) groups is 1. The van der Waals surface area contributed by atoms with Crippen LogP contribution in [0.1, 0.15) is 21.6 Å². The van der Waals surface area contributed by atoms with E-state index in [2.05, 4.69) is 10.4 Å². The molecule has 0 bridgehead atoms. The summed E-state index contributed by atoms with van der Waals surface area (Å²) in [7, 11) is 1.80. The van der Waals surface area contributed by atoms with Gasteiger partial charge in [-0.2, -0.15) is 5.10 Å². The molecule has 2 aromatic heterocycles. The number of amides is 1. The second-order valence-electron chi connectivity index (χ2n) is 4.84. The van der Waals surface area contributed by atoms with E-state index in [-0.39, 0.29) is 16.9 Å². The Morgan fingerprint density at radius 1 is 1.35 bits per heavy atom. The first kappa shape index (κ1) is 14.0. The van der Waals surface area contributed by atoms with E-state index in [0.717, 1.165) is 11.3 Å². The molecule has 0 aliphatic heterocycles. The molecule has 0 saturated carbocycles. The Kier molecular flexibility index (Phi) is 4.02. The minimum atomic E-state index is -0.352. The first-order valence-corrected chi connectivity index (χ1v) is 6.42. The summed E-state index contributed by atoms with van der Waals surface area (Å²) in [6, 6.07) is 1.46. The molecule has 106 valence electrons. The third-order valence-electron chi connectivity index (χ3n) is 3.12. The lowest BCUT2D eigenvalue weighted by Crippen LogP contribution is -2.32. The highest BCUT2D eigenvalue weighted by molar-refractivity contribution is 5.93. The van der Waals surface area contributed by atoms with Crippen molar-refractivity contribution in [2.45, 2.75) is 20.4 Å². The molecule has 1 amide bonds. The van der Waals surface area contributed by atoms with E-state index in [9.17, 15) is 9.59 Å². The average molecular weight is 274 g/mol. The Morgan fingerprint density at radius 2 is 2.10 bits per heavy atom. The molecule has 0 aliphatic rings. The van der Waals surface area contributed by atoms with Crippen LogP contribution in [0, 0.1) is 13.8 Å². The number of nitrogens with one attached hydrogen (secondary N) is 1. The van der Waals surface area contributed by atoms with E-state index >= 15 is 0 Å². The molecule has 0 aliphatic carbocycles. The standard InChI is InChI=1S/C14H18N4O2/c1-10-7-16-18(8-10)5-4-15-14(20)12-9-17(3)11(2)6-13(12)19/h6-9H,4-5H2,1-3H3,(H,15,20). The van der Waals surface area contributed by atoms with Gasteiger partial charge in [0.05, 0.1) is 12.7 Å². The van der Waals surface area contributed by atoms with Crippen molar-refractivity contribution in [3.63, 3.8) is 0 Å². The summed E-state index contributed by atoms with van der Waals surface area (Å²) in [6.45, 7) is 4.78. The van der Waals surface area contributed by atoms with Gasteiger partial charge >= 0.3 is 0 Å². The van der Waals surface area contributed by atoms with E-state index in [1.165, 1.54) is 6.07 Å². The van der Waals surface area contributed by atoms with Gasteiger partial charge in [-0.3, -0.25) is 14.3 Å². The molecule has 0 aromatic carbocycles. The number of pyridine rings is 1. The second kappa shape index (κ2) is 5.73. The highest BCUT2D eigenvalue weighted by Gasteiger charge is 2.10. The molecule has 0 unspecified atom stereocenters. The fraction of sp³-hybridized carbons (Fsp3) is 0.357. The summed E-state index contributed by atoms with van der Waals surface area (Å²) in [5.74, 6) is -0.352. The molecule has 0 radical (unpaired) electrons. The zero-order valence-corrected chi connectivity index (χ0v) is 11.9. The van der Waals surface area contributed by atoms with Crippen molar-refractivity contribution in [3.05, 3.63) is 51.7 Å². The zero-order chi connectivity index (χ0) is 14.7. The zero-order valence-electron chi connectivity index (χ0n) is 11.9. The largest absolute Gasteiger partial charge is 0.354 e. The smallest absolute Gasteiger partial charge is 0.256 e. The molecule has 0 atom stereocenters. The fourth-order valence-electron chi connectivity index (χ4n) is 1.87. The van der Waals surface area contributed by atoms with Crippen molar-refractivity contribution in [2.24, 2.45) is 7.05 Å². The molecule has 0 saturated heterocycles. The number of carbonyl (C=O) groups excluding carboxylic acids is 1. The summed E-state index contributed by atoms with van der Waals surface area (Å²) in [4.78, 5) is 23.7. The first-order valence-electron chi connectivity index (χ1n) is 6.42. The molecule has 0 fully saturated rings. The summed E-state index contributed by atoms with van der Waals surface area (Å²) in [5.41, 5.74) is 1.80. The molecule has 20 heavy (non-hydrogen) atoms. The summed E-state index contributed by atoms with van der Waals surface area (Å²) < 4.78 is 3.51. The van der Waals surface area contributed by atoms with Gasteiger partial charge in [0.2, 0.25) is 0 Å². The molecular formula is C14H18N4O2. The number of aromatic nitrogens is 3. The van der Waals surface area contributed by atoms with Crippen LogP contribution in [0.5, 0.6) is 0 Å². The number of hydrogen-bond donors (Lipinski definition) is 1. The topological polar surface area (TPSA) is 68.9 Å². The lowest BCUT2D eigenvalue weighted by Gasteiger charge is -2.08. The van der Waals surface area contributed by atoms with Crippen LogP contribution in [0.2, 0.25) is 0 Å². The van der Waals surface area contributed by atoms with Crippen LogP contribution < -0.4 is 10.7 Å². The summed E-state index contributed by atoms with van der Waals surface area (Å²) in [6.07, 6.45) is 5.22. The van der Waals surface area contributed by atoms with Crippen molar-refractivity contribution in [2.75, 3.05) is 6.54 Å². The molecule has 0 spiro atoms. The molecule has 6 heteroatoms. The van der Waals surface area contributed by atoms with Gasteiger partial charge in [0.25, 0.3) is 5.91 Å². The molecule has 2 heterocycles. The monoisotopic (exact) mass is 274 g/mol. The number of rotatable bonds is 4. The van der Waals surface area contributed by atoms with Gasteiger partial charge in [-0.1, -0.05) is 0 Å². The average Bonchev–Trinajstić information content (AvgIpc) is 2.79. The third kappa shape index (κ3) is 3.14. The Hall–Kier alpha value is -2.37. The van der Waals surface area contributed by atoms with Gasteiger partial charge in [-0.05, 0) is 19.4 Å². The summed E-state index contributed by atoms with van der Waals surface area (Å²) >= 11 is 0. The van der Waals surface area contributed by atoms with Gasteiger partial charge < -0.3 is 9.88 Å². The minimum absolute atomic E-state index is 0.162. The highest BCUT2D eigenvalue weighted by Crippen LogP contribution is 1.97. The van der Waals surface area contributed by atoms with E-state index in [4.69, 9.17) is 0 Å². The Bertz CT molecular complexity index is 685. The first-order chi connectivity index (χ1) is 9.47. The van der Waals surface area contributed by atoms with Crippen LogP contribution in [0.3, 0.4) is 0 Å². The van der Waals surface area contributed by atoms with Gasteiger partial charge in [-0.15, -0.1) is 0 Å². The normalized spacial score (nSPS) is 10.6. The molecular weight excluding hydrogens is 256 g/mol. The minimum Gasteiger partial charge on any atom is -0.354 e. The quantitative estimate of drug-likeness (QED) is 0.889. The highest BCUT2D eigenvalue weighted by atomic mass is 16.2. The van der Waals surface area contributed by atoms with Crippen LogP contribution in [0.25, 0.3) is 0 Å². The van der Waals surface area contributed by atoms with Crippen molar-refractivity contribution in [3.8, 4) is 0 Å². The SMILES string of the molecule is Cc1cnn(CCNC(=O)c2cn(C)c(C)cc2=O)c1. The van der Waals surface area contributed by atoms with Gasteiger partial charge in [-0.25, -0.2) is 0 Å². The van der Waals surface area contributed by atoms with Gasteiger partial charge in [0.15, 0.2) is 5.43 Å². The number of hydrogen-bond acceptors (Lipinski definition) is 3. The molecule has 2 rings (SSSR count). The predicted octanol–water partition coefficient (Wildman–Crippen LogP) is 0.629. The van der Waals surface area contributed by atoms with Crippen molar-refractivity contribution < 1.29 is 4.79 Å². The maximum absolute atomic E-state index is 12.0. The maximum Gasteiger partial charge on any atom is 0.256 e. The fourth-order valence-corrected chi connectivity index (χ4v) is 1.87. The number of nitrogens with zero attached hydrogens (tertiary/aromatic N) is 3. The Morgan fingerprint density at radius 3 is 2.75 bits per heavy atom. The van der Waals surface area contributed by atoms with Crippen LogP contribution in [0.4, 0.5) is 0 Å². The predicted molar refractivity (Wildman–Crippen MR) is 75.7 cm³/mol. The molecule has 2 aromatic rings. The summed E-state index contributed by atoms with van der Waals surface area (Å²) in [5, 5.41) is 6.86. The van der Waals surface area contributed by atoms with Crippen LogP contribution in [-0.2, 0) is 13.6 Å². The van der Waals surface area contributed by atoms with Gasteiger partial charge in [0.1, 0.15) is 5.56 Å². The van der Waals surface area contributed by atoms with E-state index in [1.54, 1.807) is 28.7 Å². The van der Waals surface area contributed by atoms with Crippen LogP contribution in [0.15, 0.2) is 29.5 Å².